The van der Waals surface area contributed by atoms with Crippen LogP contribution in [0.5, 0.6) is 0 Å². The lowest BCUT2D eigenvalue weighted by Crippen LogP contribution is -2.42. The number of aliphatic imine (C=N–C) groups is 1. The van der Waals surface area contributed by atoms with Crippen LogP contribution in [-0.2, 0) is 4.79 Å². The number of amides is 1. The van der Waals surface area contributed by atoms with Crippen LogP contribution in [0.15, 0.2) is 4.99 Å². The van der Waals surface area contributed by atoms with E-state index in [1.54, 1.807) is 0 Å². The number of nitrogens with one attached hydrogen (secondary N) is 3. The molecule has 2 rings (SSSR count). The molecule has 1 aliphatic heterocycles. The zero-order valence-corrected chi connectivity index (χ0v) is 18.7. The number of carbonyl (C=O) groups is 1. The number of hydrogen-bond acceptors (Lipinski definition) is 3. The summed E-state index contributed by atoms with van der Waals surface area (Å²) >= 11 is 2.03. The van der Waals surface area contributed by atoms with E-state index < -0.39 is 0 Å². The topological polar surface area (TPSA) is 65.5 Å². The van der Waals surface area contributed by atoms with Crippen LogP contribution in [0.1, 0.15) is 58.3 Å². The molecule has 3 N–H and O–H groups in total. The van der Waals surface area contributed by atoms with Gasteiger partial charge in [-0.05, 0) is 44.3 Å². The van der Waals surface area contributed by atoms with Gasteiger partial charge in [-0.15, -0.1) is 24.0 Å². The van der Waals surface area contributed by atoms with Gasteiger partial charge in [-0.2, -0.15) is 11.8 Å². The Morgan fingerprint density at radius 2 is 1.80 bits per heavy atom. The molecule has 146 valence electrons. The molecule has 1 saturated heterocycles. The van der Waals surface area contributed by atoms with Crippen molar-refractivity contribution in [1.82, 2.24) is 16.0 Å². The predicted octanol–water partition coefficient (Wildman–Crippen LogP) is 3.14. The molecule has 2 aliphatic rings. The average Bonchev–Trinajstić information content (AvgIpc) is 3.11. The van der Waals surface area contributed by atoms with E-state index in [1.807, 2.05) is 11.8 Å². The zero-order chi connectivity index (χ0) is 17.0. The van der Waals surface area contributed by atoms with Crippen LogP contribution >= 0.6 is 35.7 Å². The fourth-order valence-corrected chi connectivity index (χ4v) is 4.61. The highest BCUT2D eigenvalue weighted by atomic mass is 127. The van der Waals surface area contributed by atoms with Crippen LogP contribution in [0.2, 0.25) is 0 Å². The largest absolute Gasteiger partial charge is 0.357 e. The number of nitrogens with zero attached hydrogens (tertiary/aromatic N) is 1. The summed E-state index contributed by atoms with van der Waals surface area (Å²) in [4.78, 5) is 16.7. The van der Waals surface area contributed by atoms with Crippen molar-refractivity contribution in [3.8, 4) is 0 Å². The highest BCUT2D eigenvalue weighted by molar-refractivity contribution is 14.0. The van der Waals surface area contributed by atoms with Gasteiger partial charge in [0.1, 0.15) is 0 Å². The molecule has 1 atom stereocenters. The van der Waals surface area contributed by atoms with Crippen LogP contribution in [0.25, 0.3) is 0 Å². The number of halogens is 1. The average molecular weight is 482 g/mol. The molecule has 2 fully saturated rings. The number of guanidine groups is 1. The molecule has 0 aromatic carbocycles. The fraction of sp³-hybridized carbons (Fsp3) is 0.889. The molecule has 0 aromatic rings. The molecule has 0 spiro atoms. The molecular formula is C18H35IN4OS. The molecule has 5 nitrogen and oxygen atoms in total. The summed E-state index contributed by atoms with van der Waals surface area (Å²) in [5.74, 6) is 2.95. The summed E-state index contributed by atoms with van der Waals surface area (Å²) in [5.41, 5.74) is 0. The monoisotopic (exact) mass is 482 g/mol. The predicted molar refractivity (Wildman–Crippen MR) is 119 cm³/mol. The molecule has 0 bridgehead atoms. The van der Waals surface area contributed by atoms with E-state index in [-0.39, 0.29) is 29.9 Å². The molecule has 1 unspecified atom stereocenters. The van der Waals surface area contributed by atoms with E-state index in [0.717, 1.165) is 25.6 Å². The van der Waals surface area contributed by atoms with Crippen molar-refractivity contribution in [1.29, 1.82) is 0 Å². The zero-order valence-electron chi connectivity index (χ0n) is 15.5. The van der Waals surface area contributed by atoms with Gasteiger partial charge in [0, 0.05) is 31.3 Å². The molecule has 0 radical (unpaired) electrons. The van der Waals surface area contributed by atoms with Crippen LogP contribution in [-0.4, -0.2) is 49.0 Å². The van der Waals surface area contributed by atoms with Gasteiger partial charge in [-0.1, -0.05) is 19.3 Å². The minimum Gasteiger partial charge on any atom is -0.357 e. The Bertz CT molecular complexity index is 397. The maximum atomic E-state index is 12.0. The van der Waals surface area contributed by atoms with Crippen molar-refractivity contribution < 1.29 is 4.79 Å². The van der Waals surface area contributed by atoms with E-state index >= 15 is 0 Å². The van der Waals surface area contributed by atoms with Crippen LogP contribution < -0.4 is 16.0 Å². The number of rotatable bonds is 8. The minimum absolute atomic E-state index is 0. The smallest absolute Gasteiger partial charge is 0.220 e. The van der Waals surface area contributed by atoms with Gasteiger partial charge in [0.2, 0.25) is 5.91 Å². The normalized spacial score (nSPS) is 21.5. The Morgan fingerprint density at radius 1 is 1.04 bits per heavy atom. The molecule has 0 aromatic heterocycles. The van der Waals surface area contributed by atoms with Crippen molar-refractivity contribution >= 4 is 47.6 Å². The summed E-state index contributed by atoms with van der Waals surface area (Å²) in [5, 5.41) is 10.3. The third kappa shape index (κ3) is 9.92. The maximum absolute atomic E-state index is 12.0. The van der Waals surface area contributed by atoms with Gasteiger partial charge in [0.25, 0.3) is 0 Å². The first-order chi connectivity index (χ1) is 11.8. The Labute approximate surface area is 174 Å². The first kappa shape index (κ1) is 22.9. The van der Waals surface area contributed by atoms with Gasteiger partial charge in [0.15, 0.2) is 5.96 Å². The van der Waals surface area contributed by atoms with Crippen molar-refractivity contribution in [3.63, 3.8) is 0 Å². The second-order valence-corrected chi connectivity index (χ2v) is 8.25. The van der Waals surface area contributed by atoms with E-state index in [0.29, 0.717) is 24.1 Å². The first-order valence-corrected chi connectivity index (χ1v) is 10.7. The van der Waals surface area contributed by atoms with Crippen molar-refractivity contribution in [2.45, 2.75) is 63.5 Å². The molecule has 25 heavy (non-hydrogen) atoms. The third-order valence-electron chi connectivity index (χ3n) is 4.76. The van der Waals surface area contributed by atoms with E-state index in [1.165, 1.54) is 50.7 Å². The van der Waals surface area contributed by atoms with Crippen molar-refractivity contribution in [3.05, 3.63) is 0 Å². The summed E-state index contributed by atoms with van der Waals surface area (Å²) in [6, 6.07) is 0. The van der Waals surface area contributed by atoms with E-state index in [2.05, 4.69) is 27.9 Å². The minimum atomic E-state index is 0. The second-order valence-electron chi connectivity index (χ2n) is 6.84. The SMILES string of the molecule is CCNC(=NCC1CCCS1)NCCNC(=O)CC1CCCCC1.I. The Balaban J connectivity index is 0.00000312. The molecule has 1 amide bonds. The lowest BCUT2D eigenvalue weighted by molar-refractivity contribution is -0.122. The lowest BCUT2D eigenvalue weighted by atomic mass is 9.87. The van der Waals surface area contributed by atoms with Crippen LogP contribution in [0.3, 0.4) is 0 Å². The third-order valence-corrected chi connectivity index (χ3v) is 6.14. The molecule has 1 aliphatic carbocycles. The van der Waals surface area contributed by atoms with Gasteiger partial charge in [-0.3, -0.25) is 9.79 Å². The molecule has 7 heteroatoms. The standard InChI is InChI=1S/C18H34N4OS.HI/c1-2-19-18(22-14-16-9-6-12-24-16)21-11-10-20-17(23)13-15-7-4-3-5-8-15;/h15-16H,2-14H2,1H3,(H,20,23)(H2,19,21,22);1H. The molecule has 1 saturated carbocycles. The molecular weight excluding hydrogens is 447 g/mol. The summed E-state index contributed by atoms with van der Waals surface area (Å²) in [6.07, 6.45) is 9.68. The lowest BCUT2D eigenvalue weighted by Gasteiger charge is -2.20. The Hall–Kier alpha value is -0.180. The number of carbonyl (C=O) groups excluding carboxylic acids is 1. The summed E-state index contributed by atoms with van der Waals surface area (Å²) in [7, 11) is 0. The van der Waals surface area contributed by atoms with E-state index in [9.17, 15) is 4.79 Å². The van der Waals surface area contributed by atoms with Gasteiger partial charge >= 0.3 is 0 Å². The highest BCUT2D eigenvalue weighted by Crippen LogP contribution is 2.26. The first-order valence-electron chi connectivity index (χ1n) is 9.68. The van der Waals surface area contributed by atoms with Gasteiger partial charge < -0.3 is 16.0 Å². The fourth-order valence-electron chi connectivity index (χ4n) is 3.43. The highest BCUT2D eigenvalue weighted by Gasteiger charge is 2.17. The second kappa shape index (κ2) is 13.9. The number of hydrogen-bond donors (Lipinski definition) is 3. The van der Waals surface area contributed by atoms with Gasteiger partial charge in [0.05, 0.1) is 6.54 Å². The van der Waals surface area contributed by atoms with Crippen molar-refractivity contribution in [2.24, 2.45) is 10.9 Å². The maximum Gasteiger partial charge on any atom is 0.220 e. The quantitative estimate of drug-likeness (QED) is 0.215. The van der Waals surface area contributed by atoms with Crippen LogP contribution in [0, 0.1) is 5.92 Å². The summed E-state index contributed by atoms with van der Waals surface area (Å²) < 4.78 is 0. The molecule has 1 heterocycles. The van der Waals surface area contributed by atoms with Crippen LogP contribution in [0.4, 0.5) is 0 Å². The Morgan fingerprint density at radius 3 is 2.48 bits per heavy atom. The summed E-state index contributed by atoms with van der Waals surface area (Å²) in [6.45, 7) is 5.20. The number of thioether (sulfide) groups is 1. The van der Waals surface area contributed by atoms with Gasteiger partial charge in [-0.25, -0.2) is 0 Å². The van der Waals surface area contributed by atoms with Crippen molar-refractivity contribution in [2.75, 3.05) is 31.9 Å². The van der Waals surface area contributed by atoms with E-state index in [4.69, 9.17) is 0 Å². The Kier molecular flexibility index (Phi) is 12.8.